The average Bonchev–Trinajstić information content (AvgIpc) is 2.78. The molecular formula is C16H20ClN5O. The van der Waals surface area contributed by atoms with Crippen molar-refractivity contribution in [3.8, 4) is 11.4 Å². The first-order chi connectivity index (χ1) is 11.2. The molecule has 0 bridgehead atoms. The third-order valence-corrected chi connectivity index (χ3v) is 4.30. The molecule has 0 fully saturated rings. The van der Waals surface area contributed by atoms with E-state index in [0.717, 1.165) is 43.0 Å². The van der Waals surface area contributed by atoms with Crippen LogP contribution in [0.2, 0.25) is 5.02 Å². The number of amides is 1. The van der Waals surface area contributed by atoms with E-state index in [-0.39, 0.29) is 12.3 Å². The fourth-order valence-corrected chi connectivity index (χ4v) is 3.02. The van der Waals surface area contributed by atoms with E-state index in [0.29, 0.717) is 17.3 Å². The number of carbonyl (C=O) groups is 1. The Morgan fingerprint density at radius 1 is 1.30 bits per heavy atom. The van der Waals surface area contributed by atoms with Crippen LogP contribution in [-0.4, -0.2) is 27.2 Å². The lowest BCUT2D eigenvalue weighted by Crippen LogP contribution is -2.16. The van der Waals surface area contributed by atoms with Crippen molar-refractivity contribution in [2.45, 2.75) is 38.6 Å². The molecule has 0 saturated heterocycles. The highest BCUT2D eigenvalue weighted by Crippen LogP contribution is 2.31. The van der Waals surface area contributed by atoms with Gasteiger partial charge in [-0.2, -0.15) is 0 Å². The lowest BCUT2D eigenvalue weighted by molar-refractivity contribution is -0.116. The third-order valence-electron chi connectivity index (χ3n) is 3.97. The standard InChI is InChI=1S/C16H20ClN5O/c17-13-6-5-11(19-15(23)7-8-18)10-12(13)16-21-20-14-4-2-1-3-9-22(14)16/h5-6,10H,1-4,7-9,18H2,(H,19,23). The Hall–Kier alpha value is -1.92. The quantitative estimate of drug-likeness (QED) is 0.900. The van der Waals surface area contributed by atoms with Gasteiger partial charge in [-0.25, -0.2) is 0 Å². The van der Waals surface area contributed by atoms with Crippen LogP contribution >= 0.6 is 11.6 Å². The normalized spacial score (nSPS) is 14.2. The molecule has 3 N–H and O–H groups in total. The number of anilines is 1. The minimum absolute atomic E-state index is 0.110. The maximum atomic E-state index is 11.7. The molecular weight excluding hydrogens is 314 g/mol. The monoisotopic (exact) mass is 333 g/mol. The molecule has 23 heavy (non-hydrogen) atoms. The van der Waals surface area contributed by atoms with Crippen LogP contribution in [-0.2, 0) is 17.8 Å². The van der Waals surface area contributed by atoms with Gasteiger partial charge in [-0.3, -0.25) is 4.79 Å². The van der Waals surface area contributed by atoms with Crippen molar-refractivity contribution in [3.05, 3.63) is 29.0 Å². The third kappa shape index (κ3) is 3.54. The number of nitrogens with one attached hydrogen (secondary N) is 1. The van der Waals surface area contributed by atoms with Gasteiger partial charge in [0.1, 0.15) is 5.82 Å². The molecule has 0 saturated carbocycles. The van der Waals surface area contributed by atoms with Crippen LogP contribution in [0.25, 0.3) is 11.4 Å². The number of aromatic nitrogens is 3. The summed E-state index contributed by atoms with van der Waals surface area (Å²) in [6.07, 6.45) is 4.69. The van der Waals surface area contributed by atoms with Crippen molar-refractivity contribution in [3.63, 3.8) is 0 Å². The van der Waals surface area contributed by atoms with E-state index in [2.05, 4.69) is 20.1 Å². The minimum atomic E-state index is -0.110. The van der Waals surface area contributed by atoms with Crippen LogP contribution in [0.15, 0.2) is 18.2 Å². The second kappa shape index (κ2) is 7.10. The van der Waals surface area contributed by atoms with Gasteiger partial charge in [0.2, 0.25) is 5.91 Å². The lowest BCUT2D eigenvalue weighted by Gasteiger charge is -2.11. The molecule has 0 atom stereocenters. The summed E-state index contributed by atoms with van der Waals surface area (Å²) >= 11 is 6.35. The zero-order valence-corrected chi connectivity index (χ0v) is 13.6. The van der Waals surface area contributed by atoms with Gasteiger partial charge in [-0.1, -0.05) is 18.0 Å². The second-order valence-corrected chi connectivity index (χ2v) is 6.09. The number of nitrogens with zero attached hydrogens (tertiary/aromatic N) is 3. The highest BCUT2D eigenvalue weighted by molar-refractivity contribution is 6.33. The Kier molecular flexibility index (Phi) is 4.93. The van der Waals surface area contributed by atoms with Crippen LogP contribution in [0.3, 0.4) is 0 Å². The number of rotatable bonds is 4. The molecule has 6 nitrogen and oxygen atoms in total. The first-order valence-electron chi connectivity index (χ1n) is 7.91. The summed E-state index contributed by atoms with van der Waals surface area (Å²) in [7, 11) is 0. The van der Waals surface area contributed by atoms with Crippen molar-refractivity contribution in [2.24, 2.45) is 5.73 Å². The molecule has 0 radical (unpaired) electrons. The molecule has 2 heterocycles. The Morgan fingerprint density at radius 2 is 2.17 bits per heavy atom. The number of nitrogens with two attached hydrogens (primary N) is 1. The van der Waals surface area contributed by atoms with Crippen molar-refractivity contribution in [1.29, 1.82) is 0 Å². The van der Waals surface area contributed by atoms with Gasteiger partial charge in [-0.05, 0) is 31.0 Å². The molecule has 1 aromatic carbocycles. The molecule has 0 unspecified atom stereocenters. The molecule has 1 aliphatic heterocycles. The van der Waals surface area contributed by atoms with E-state index in [9.17, 15) is 4.79 Å². The summed E-state index contributed by atoms with van der Waals surface area (Å²) in [5.74, 6) is 1.66. The minimum Gasteiger partial charge on any atom is -0.330 e. The maximum Gasteiger partial charge on any atom is 0.225 e. The van der Waals surface area contributed by atoms with E-state index in [4.69, 9.17) is 17.3 Å². The maximum absolute atomic E-state index is 11.7. The summed E-state index contributed by atoms with van der Waals surface area (Å²) in [6.45, 7) is 1.22. The van der Waals surface area contributed by atoms with Crippen molar-refractivity contribution in [2.75, 3.05) is 11.9 Å². The number of carbonyl (C=O) groups excluding carboxylic acids is 1. The first-order valence-corrected chi connectivity index (χ1v) is 8.29. The van der Waals surface area contributed by atoms with Crippen LogP contribution in [0, 0.1) is 0 Å². The van der Waals surface area contributed by atoms with Gasteiger partial charge in [0.05, 0.1) is 5.02 Å². The second-order valence-electron chi connectivity index (χ2n) is 5.68. The molecule has 0 spiro atoms. The summed E-state index contributed by atoms with van der Waals surface area (Å²) < 4.78 is 2.14. The molecule has 1 amide bonds. The number of aryl methyl sites for hydroxylation is 1. The van der Waals surface area contributed by atoms with Gasteiger partial charge in [0.15, 0.2) is 5.82 Å². The SMILES string of the molecule is NCCC(=O)Nc1ccc(Cl)c(-c2nnc3n2CCCCC3)c1. The lowest BCUT2D eigenvalue weighted by atomic mass is 10.1. The number of fused-ring (bicyclic) bond motifs is 1. The summed E-state index contributed by atoms with van der Waals surface area (Å²) in [5, 5.41) is 12.1. The number of halogens is 1. The molecule has 2 aromatic rings. The molecule has 1 aliphatic rings. The Labute approximate surface area is 140 Å². The predicted molar refractivity (Wildman–Crippen MR) is 90.3 cm³/mol. The smallest absolute Gasteiger partial charge is 0.225 e. The van der Waals surface area contributed by atoms with Crippen LogP contribution in [0.4, 0.5) is 5.69 Å². The highest BCUT2D eigenvalue weighted by atomic mass is 35.5. The van der Waals surface area contributed by atoms with Gasteiger partial charge in [-0.15, -0.1) is 10.2 Å². The van der Waals surface area contributed by atoms with Gasteiger partial charge >= 0.3 is 0 Å². The Balaban J connectivity index is 1.93. The zero-order chi connectivity index (χ0) is 16.2. The number of benzene rings is 1. The Bertz CT molecular complexity index is 712. The largest absolute Gasteiger partial charge is 0.330 e. The van der Waals surface area contributed by atoms with Crippen LogP contribution in [0.1, 0.15) is 31.5 Å². The van der Waals surface area contributed by atoms with Crippen LogP contribution in [0.5, 0.6) is 0 Å². The van der Waals surface area contributed by atoms with Crippen molar-refractivity contribution in [1.82, 2.24) is 14.8 Å². The fraction of sp³-hybridized carbons (Fsp3) is 0.438. The zero-order valence-electron chi connectivity index (χ0n) is 12.9. The molecule has 122 valence electrons. The number of hydrogen-bond donors (Lipinski definition) is 2. The van der Waals surface area contributed by atoms with E-state index in [1.54, 1.807) is 12.1 Å². The van der Waals surface area contributed by atoms with Crippen molar-refractivity contribution >= 4 is 23.2 Å². The molecule has 1 aromatic heterocycles. The summed E-state index contributed by atoms with van der Waals surface area (Å²) in [4.78, 5) is 11.7. The van der Waals surface area contributed by atoms with Crippen molar-refractivity contribution < 1.29 is 4.79 Å². The average molecular weight is 334 g/mol. The van der Waals surface area contributed by atoms with Gasteiger partial charge in [0, 0.05) is 37.2 Å². The first kappa shape index (κ1) is 16.0. The van der Waals surface area contributed by atoms with E-state index in [1.165, 1.54) is 6.42 Å². The highest BCUT2D eigenvalue weighted by Gasteiger charge is 2.18. The predicted octanol–water partition coefficient (Wildman–Crippen LogP) is 2.61. The summed E-state index contributed by atoms with van der Waals surface area (Å²) in [6, 6.07) is 5.40. The Morgan fingerprint density at radius 3 is 3.00 bits per heavy atom. The van der Waals surface area contributed by atoms with E-state index >= 15 is 0 Å². The summed E-state index contributed by atoms with van der Waals surface area (Å²) in [5.41, 5.74) is 6.88. The fourth-order valence-electron chi connectivity index (χ4n) is 2.81. The topological polar surface area (TPSA) is 85.8 Å². The van der Waals surface area contributed by atoms with Gasteiger partial charge in [0.25, 0.3) is 0 Å². The molecule has 7 heteroatoms. The van der Waals surface area contributed by atoms with Crippen LogP contribution < -0.4 is 11.1 Å². The molecule has 0 aliphatic carbocycles. The number of hydrogen-bond acceptors (Lipinski definition) is 4. The van der Waals surface area contributed by atoms with E-state index in [1.807, 2.05) is 6.07 Å². The van der Waals surface area contributed by atoms with Gasteiger partial charge < -0.3 is 15.6 Å². The molecule has 3 rings (SSSR count). The van der Waals surface area contributed by atoms with E-state index < -0.39 is 0 Å².